The van der Waals surface area contributed by atoms with Gasteiger partial charge in [0.25, 0.3) is 5.91 Å². The molecular weight excluding hydrogens is 252 g/mol. The Morgan fingerprint density at radius 3 is 2.89 bits per heavy atom. The molecule has 4 nitrogen and oxygen atoms in total. The van der Waals surface area contributed by atoms with Crippen LogP contribution in [-0.2, 0) is 0 Å². The fraction of sp³-hybridized carbons (Fsp3) is 0.462. The number of nitrogens with one attached hydrogen (secondary N) is 1. The van der Waals surface area contributed by atoms with Gasteiger partial charge in [-0.25, -0.2) is 0 Å². The Morgan fingerprint density at radius 1 is 1.50 bits per heavy atom. The lowest BCUT2D eigenvalue weighted by Gasteiger charge is -2.18. The van der Waals surface area contributed by atoms with Crippen molar-refractivity contribution in [3.8, 4) is 5.75 Å². The fourth-order valence-electron chi connectivity index (χ4n) is 2.27. The maximum absolute atomic E-state index is 12.1. The summed E-state index contributed by atoms with van der Waals surface area (Å²) in [6.07, 6.45) is 2.95. The zero-order valence-corrected chi connectivity index (χ0v) is 11.0. The Bertz CT molecular complexity index is 451. The van der Waals surface area contributed by atoms with Gasteiger partial charge in [0, 0.05) is 17.1 Å². The molecule has 1 aromatic rings. The van der Waals surface area contributed by atoms with Crippen LogP contribution in [0.2, 0.25) is 5.02 Å². The molecule has 0 aliphatic heterocycles. The molecule has 1 aliphatic rings. The summed E-state index contributed by atoms with van der Waals surface area (Å²) in [5, 5.41) is 3.49. The molecule has 1 saturated carbocycles. The van der Waals surface area contributed by atoms with E-state index < -0.39 is 0 Å². The van der Waals surface area contributed by atoms with Gasteiger partial charge in [-0.2, -0.15) is 0 Å². The third-order valence-electron chi connectivity index (χ3n) is 3.29. The van der Waals surface area contributed by atoms with Crippen LogP contribution in [0.4, 0.5) is 0 Å². The summed E-state index contributed by atoms with van der Waals surface area (Å²) in [7, 11) is 1.52. The highest BCUT2D eigenvalue weighted by Gasteiger charge is 2.26. The number of carbonyl (C=O) groups is 1. The van der Waals surface area contributed by atoms with Crippen molar-refractivity contribution in [2.45, 2.75) is 31.3 Å². The number of halogens is 1. The quantitative estimate of drug-likeness (QED) is 0.881. The van der Waals surface area contributed by atoms with Crippen molar-refractivity contribution < 1.29 is 9.53 Å². The maximum atomic E-state index is 12.1. The van der Waals surface area contributed by atoms with Crippen LogP contribution in [0.15, 0.2) is 18.2 Å². The number of benzene rings is 1. The normalized spacial score (nSPS) is 22.8. The van der Waals surface area contributed by atoms with Gasteiger partial charge < -0.3 is 15.8 Å². The minimum atomic E-state index is -0.161. The van der Waals surface area contributed by atoms with E-state index in [1.807, 2.05) is 0 Å². The smallest absolute Gasteiger partial charge is 0.255 e. The summed E-state index contributed by atoms with van der Waals surface area (Å²) >= 11 is 5.86. The van der Waals surface area contributed by atoms with Crippen molar-refractivity contribution >= 4 is 17.5 Å². The van der Waals surface area contributed by atoms with Gasteiger partial charge in [-0.3, -0.25) is 4.79 Å². The van der Waals surface area contributed by atoms with Crippen LogP contribution in [-0.4, -0.2) is 25.1 Å². The third-order valence-corrected chi connectivity index (χ3v) is 3.53. The van der Waals surface area contributed by atoms with Gasteiger partial charge >= 0.3 is 0 Å². The molecule has 3 N–H and O–H groups in total. The van der Waals surface area contributed by atoms with Gasteiger partial charge in [0.2, 0.25) is 0 Å². The molecular formula is C13H17ClN2O2. The average Bonchev–Trinajstić information content (AvgIpc) is 2.74. The Hall–Kier alpha value is -1.26. The summed E-state index contributed by atoms with van der Waals surface area (Å²) < 4.78 is 5.16. The predicted molar refractivity (Wildman–Crippen MR) is 71.1 cm³/mol. The highest BCUT2D eigenvalue weighted by Crippen LogP contribution is 2.24. The SMILES string of the molecule is COc1cc(Cl)ccc1C(=O)NC1CCCC1N. The molecule has 0 bridgehead atoms. The largest absolute Gasteiger partial charge is 0.496 e. The summed E-state index contributed by atoms with van der Waals surface area (Å²) in [6.45, 7) is 0. The van der Waals surface area contributed by atoms with Crippen molar-refractivity contribution in [1.82, 2.24) is 5.32 Å². The second kappa shape index (κ2) is 5.59. The predicted octanol–water partition coefficient (Wildman–Crippen LogP) is 1.96. The second-order valence-electron chi connectivity index (χ2n) is 4.52. The molecule has 0 spiro atoms. The van der Waals surface area contributed by atoms with Crippen LogP contribution in [0.25, 0.3) is 0 Å². The van der Waals surface area contributed by atoms with Crippen LogP contribution >= 0.6 is 11.6 Å². The minimum Gasteiger partial charge on any atom is -0.496 e. The number of hydrogen-bond acceptors (Lipinski definition) is 3. The van der Waals surface area contributed by atoms with E-state index in [-0.39, 0.29) is 18.0 Å². The van der Waals surface area contributed by atoms with Crippen molar-refractivity contribution in [2.24, 2.45) is 5.73 Å². The number of hydrogen-bond donors (Lipinski definition) is 2. The van der Waals surface area contributed by atoms with E-state index in [2.05, 4.69) is 5.32 Å². The molecule has 5 heteroatoms. The first-order valence-corrected chi connectivity index (χ1v) is 6.39. The van der Waals surface area contributed by atoms with Gasteiger partial charge in [-0.15, -0.1) is 0 Å². The van der Waals surface area contributed by atoms with Gasteiger partial charge in [-0.1, -0.05) is 11.6 Å². The first-order chi connectivity index (χ1) is 8.61. The Kier molecular flexibility index (Phi) is 4.09. The van der Waals surface area contributed by atoms with Crippen molar-refractivity contribution in [3.63, 3.8) is 0 Å². The lowest BCUT2D eigenvalue weighted by atomic mass is 10.1. The summed E-state index contributed by atoms with van der Waals surface area (Å²) in [6, 6.07) is 5.07. The van der Waals surface area contributed by atoms with Crippen LogP contribution in [0.1, 0.15) is 29.6 Å². The van der Waals surface area contributed by atoms with Gasteiger partial charge in [0.1, 0.15) is 5.75 Å². The highest BCUT2D eigenvalue weighted by atomic mass is 35.5. The molecule has 1 fully saturated rings. The maximum Gasteiger partial charge on any atom is 0.255 e. The number of ether oxygens (including phenoxy) is 1. The first-order valence-electron chi connectivity index (χ1n) is 6.02. The molecule has 18 heavy (non-hydrogen) atoms. The first kappa shape index (κ1) is 13.2. The number of carbonyl (C=O) groups excluding carboxylic acids is 1. The zero-order chi connectivity index (χ0) is 13.1. The van der Waals surface area contributed by atoms with Gasteiger partial charge in [-0.05, 0) is 37.5 Å². The number of nitrogens with two attached hydrogens (primary N) is 1. The molecule has 2 rings (SSSR count). The topological polar surface area (TPSA) is 64.3 Å². The van der Waals surface area contributed by atoms with E-state index >= 15 is 0 Å². The van der Waals surface area contributed by atoms with E-state index in [9.17, 15) is 4.79 Å². The van der Waals surface area contributed by atoms with Gasteiger partial charge in [0.05, 0.1) is 12.7 Å². The number of methoxy groups -OCH3 is 1. The van der Waals surface area contributed by atoms with Crippen molar-refractivity contribution in [1.29, 1.82) is 0 Å². The van der Waals surface area contributed by atoms with E-state index in [0.29, 0.717) is 16.3 Å². The standard InChI is InChI=1S/C13H17ClN2O2/c1-18-12-7-8(14)5-6-9(12)13(17)16-11-4-2-3-10(11)15/h5-7,10-11H,2-4,15H2,1H3,(H,16,17). The van der Waals surface area contributed by atoms with Crippen LogP contribution < -0.4 is 15.8 Å². The van der Waals surface area contributed by atoms with Crippen LogP contribution in [0.3, 0.4) is 0 Å². The van der Waals surface area contributed by atoms with Crippen molar-refractivity contribution in [2.75, 3.05) is 7.11 Å². The van der Waals surface area contributed by atoms with E-state index in [1.54, 1.807) is 18.2 Å². The third kappa shape index (κ3) is 2.76. The number of rotatable bonds is 3. The molecule has 1 amide bonds. The average molecular weight is 269 g/mol. The lowest BCUT2D eigenvalue weighted by Crippen LogP contribution is -2.44. The van der Waals surface area contributed by atoms with Crippen LogP contribution in [0, 0.1) is 0 Å². The Morgan fingerprint density at radius 2 is 2.28 bits per heavy atom. The van der Waals surface area contributed by atoms with Crippen molar-refractivity contribution in [3.05, 3.63) is 28.8 Å². The molecule has 2 atom stereocenters. The Balaban J connectivity index is 2.13. The zero-order valence-electron chi connectivity index (χ0n) is 10.3. The summed E-state index contributed by atoms with van der Waals surface area (Å²) in [4.78, 5) is 12.1. The molecule has 98 valence electrons. The Labute approximate surface area is 111 Å². The molecule has 0 radical (unpaired) electrons. The summed E-state index contributed by atoms with van der Waals surface area (Å²) in [5.74, 6) is 0.317. The van der Waals surface area contributed by atoms with E-state index in [1.165, 1.54) is 7.11 Å². The molecule has 2 unspecified atom stereocenters. The second-order valence-corrected chi connectivity index (χ2v) is 4.96. The molecule has 0 aromatic heterocycles. The van der Waals surface area contributed by atoms with E-state index in [0.717, 1.165) is 19.3 Å². The van der Waals surface area contributed by atoms with Crippen LogP contribution in [0.5, 0.6) is 5.75 Å². The molecule has 0 saturated heterocycles. The number of amides is 1. The van der Waals surface area contributed by atoms with Gasteiger partial charge in [0.15, 0.2) is 0 Å². The fourth-order valence-corrected chi connectivity index (χ4v) is 2.43. The minimum absolute atomic E-state index is 0.0484. The molecule has 0 heterocycles. The van der Waals surface area contributed by atoms with E-state index in [4.69, 9.17) is 22.1 Å². The molecule has 1 aromatic carbocycles. The monoisotopic (exact) mass is 268 g/mol. The highest BCUT2D eigenvalue weighted by molar-refractivity contribution is 6.30. The summed E-state index contributed by atoms with van der Waals surface area (Å²) in [5.41, 5.74) is 6.42. The molecule has 1 aliphatic carbocycles. The lowest BCUT2D eigenvalue weighted by molar-refractivity contribution is 0.0931.